The van der Waals surface area contributed by atoms with Crippen molar-refractivity contribution in [3.05, 3.63) is 0 Å². The predicted octanol–water partition coefficient (Wildman–Crippen LogP) is 3.54. The van der Waals surface area contributed by atoms with Crippen molar-refractivity contribution in [1.82, 2.24) is 9.80 Å². The maximum absolute atomic E-state index is 12.4. The summed E-state index contributed by atoms with van der Waals surface area (Å²) in [4.78, 5) is 17.1. The fourth-order valence-electron chi connectivity index (χ4n) is 3.81. The molecule has 1 spiro atoms. The van der Waals surface area contributed by atoms with Gasteiger partial charge in [0.1, 0.15) is 0 Å². The van der Waals surface area contributed by atoms with Crippen molar-refractivity contribution >= 4 is 5.91 Å². The third kappa shape index (κ3) is 3.80. The molecule has 2 heterocycles. The minimum Gasteiger partial charge on any atom is -0.342 e. The average Bonchev–Trinajstić information content (AvgIpc) is 2.37. The van der Waals surface area contributed by atoms with Crippen LogP contribution in [0.4, 0.5) is 0 Å². The van der Waals surface area contributed by atoms with E-state index >= 15 is 0 Å². The Kier molecular flexibility index (Phi) is 4.45. The Bertz CT molecular complexity index is 371. The van der Waals surface area contributed by atoms with E-state index in [1.54, 1.807) is 0 Å². The first kappa shape index (κ1) is 16.8. The van der Waals surface area contributed by atoms with E-state index in [9.17, 15) is 4.79 Å². The second-order valence-corrected chi connectivity index (χ2v) is 9.20. The van der Waals surface area contributed by atoms with Gasteiger partial charge >= 0.3 is 0 Å². The van der Waals surface area contributed by atoms with Crippen molar-refractivity contribution in [1.29, 1.82) is 0 Å². The second kappa shape index (κ2) is 5.57. The van der Waals surface area contributed by atoms with Crippen LogP contribution >= 0.6 is 0 Å². The monoisotopic (exact) mass is 294 g/mol. The molecule has 0 aromatic carbocycles. The lowest BCUT2D eigenvalue weighted by Crippen LogP contribution is -2.53. The summed E-state index contributed by atoms with van der Waals surface area (Å²) < 4.78 is 0. The topological polar surface area (TPSA) is 23.6 Å². The molecule has 3 nitrogen and oxygen atoms in total. The summed E-state index contributed by atoms with van der Waals surface area (Å²) in [6, 6.07) is 0. The molecule has 0 bridgehead atoms. The summed E-state index contributed by atoms with van der Waals surface area (Å²) in [5, 5.41) is 0. The van der Waals surface area contributed by atoms with E-state index in [4.69, 9.17) is 0 Å². The molecule has 0 atom stereocenters. The first-order valence-corrected chi connectivity index (χ1v) is 8.58. The summed E-state index contributed by atoms with van der Waals surface area (Å²) in [5.74, 6) is 0.324. The molecule has 21 heavy (non-hydrogen) atoms. The van der Waals surface area contributed by atoms with Crippen LogP contribution in [0.3, 0.4) is 0 Å². The van der Waals surface area contributed by atoms with Gasteiger partial charge in [0.15, 0.2) is 0 Å². The molecule has 0 aliphatic carbocycles. The van der Waals surface area contributed by atoms with Crippen molar-refractivity contribution in [3.63, 3.8) is 0 Å². The molecule has 0 N–H and O–H groups in total. The van der Waals surface area contributed by atoms with Crippen LogP contribution in [-0.2, 0) is 4.79 Å². The maximum Gasteiger partial charge on any atom is 0.227 e. The standard InChI is InChI=1S/C18H34N2O/c1-16(2,3)15(21)19-11-7-18(8-12-19)9-13-20(14-10-18)17(4,5)6/h7-14H2,1-6H3. The molecule has 2 rings (SSSR count). The quantitative estimate of drug-likeness (QED) is 0.682. The number of nitrogens with zero attached hydrogens (tertiary/aromatic N) is 2. The van der Waals surface area contributed by atoms with E-state index in [0.717, 1.165) is 13.1 Å². The highest BCUT2D eigenvalue weighted by Crippen LogP contribution is 2.43. The van der Waals surface area contributed by atoms with Crippen LogP contribution in [0, 0.1) is 10.8 Å². The van der Waals surface area contributed by atoms with E-state index < -0.39 is 0 Å². The van der Waals surface area contributed by atoms with Gasteiger partial charge in [-0.2, -0.15) is 0 Å². The van der Waals surface area contributed by atoms with Crippen LogP contribution in [0.5, 0.6) is 0 Å². The SMILES string of the molecule is CC(C)(C)C(=O)N1CCC2(CC1)CCN(C(C)(C)C)CC2. The molecule has 2 fully saturated rings. The van der Waals surface area contributed by atoms with Crippen LogP contribution in [0.2, 0.25) is 0 Å². The Morgan fingerprint density at radius 1 is 0.810 bits per heavy atom. The number of carbonyl (C=O) groups excluding carboxylic acids is 1. The number of rotatable bonds is 0. The predicted molar refractivity (Wildman–Crippen MR) is 88.3 cm³/mol. The molecule has 2 aliphatic rings. The molecule has 0 unspecified atom stereocenters. The van der Waals surface area contributed by atoms with Crippen molar-refractivity contribution in [2.45, 2.75) is 72.8 Å². The Labute approximate surface area is 131 Å². The van der Waals surface area contributed by atoms with Crippen molar-refractivity contribution in [2.24, 2.45) is 10.8 Å². The summed E-state index contributed by atoms with van der Waals surface area (Å²) >= 11 is 0. The summed E-state index contributed by atoms with van der Waals surface area (Å²) in [6.07, 6.45) is 5.02. The number of hydrogen-bond donors (Lipinski definition) is 0. The van der Waals surface area contributed by atoms with Crippen molar-refractivity contribution in [2.75, 3.05) is 26.2 Å². The Balaban J connectivity index is 1.89. The van der Waals surface area contributed by atoms with E-state index in [2.05, 4.69) is 30.6 Å². The van der Waals surface area contributed by atoms with Gasteiger partial charge in [-0.15, -0.1) is 0 Å². The van der Waals surface area contributed by atoms with Crippen LogP contribution in [0.25, 0.3) is 0 Å². The highest BCUT2D eigenvalue weighted by Gasteiger charge is 2.41. The normalized spacial score (nSPS) is 24.4. The van der Waals surface area contributed by atoms with Gasteiger partial charge in [0.25, 0.3) is 0 Å². The van der Waals surface area contributed by atoms with Crippen LogP contribution in [-0.4, -0.2) is 47.4 Å². The first-order valence-electron chi connectivity index (χ1n) is 8.58. The smallest absolute Gasteiger partial charge is 0.227 e. The second-order valence-electron chi connectivity index (χ2n) is 9.20. The molecule has 1 amide bonds. The third-order valence-corrected chi connectivity index (χ3v) is 5.53. The lowest BCUT2D eigenvalue weighted by atomic mass is 9.70. The van der Waals surface area contributed by atoms with Crippen LogP contribution < -0.4 is 0 Å². The fraction of sp³-hybridized carbons (Fsp3) is 0.944. The van der Waals surface area contributed by atoms with Gasteiger partial charge < -0.3 is 4.90 Å². The van der Waals surface area contributed by atoms with Crippen molar-refractivity contribution in [3.8, 4) is 0 Å². The zero-order valence-corrected chi connectivity index (χ0v) is 15.0. The van der Waals surface area contributed by atoms with Crippen LogP contribution in [0.1, 0.15) is 67.2 Å². The number of amides is 1. The Morgan fingerprint density at radius 3 is 1.62 bits per heavy atom. The maximum atomic E-state index is 12.4. The molecule has 2 saturated heterocycles. The first-order chi connectivity index (χ1) is 9.54. The third-order valence-electron chi connectivity index (χ3n) is 5.53. The minimum atomic E-state index is -0.236. The number of likely N-dealkylation sites (tertiary alicyclic amines) is 2. The molecule has 0 aromatic heterocycles. The average molecular weight is 294 g/mol. The molecular weight excluding hydrogens is 260 g/mol. The Hall–Kier alpha value is -0.570. The van der Waals surface area contributed by atoms with E-state index in [1.165, 1.54) is 38.8 Å². The molecule has 2 aliphatic heterocycles. The van der Waals surface area contributed by atoms with Gasteiger partial charge in [-0.3, -0.25) is 9.69 Å². The summed E-state index contributed by atoms with van der Waals surface area (Å²) in [5.41, 5.74) is 0.570. The zero-order chi connectivity index (χ0) is 15.9. The number of carbonyl (C=O) groups is 1. The van der Waals surface area contributed by atoms with Gasteiger partial charge in [0.05, 0.1) is 0 Å². The van der Waals surface area contributed by atoms with E-state index in [0.29, 0.717) is 16.9 Å². The van der Waals surface area contributed by atoms with Gasteiger partial charge in [-0.1, -0.05) is 20.8 Å². The lowest BCUT2D eigenvalue weighted by molar-refractivity contribution is -0.142. The molecule has 0 saturated carbocycles. The largest absolute Gasteiger partial charge is 0.342 e. The minimum absolute atomic E-state index is 0.236. The number of piperidine rings is 2. The van der Waals surface area contributed by atoms with Gasteiger partial charge in [-0.05, 0) is 65.0 Å². The van der Waals surface area contributed by atoms with Gasteiger partial charge in [0.2, 0.25) is 5.91 Å². The molecule has 122 valence electrons. The van der Waals surface area contributed by atoms with Crippen molar-refractivity contribution < 1.29 is 4.79 Å². The number of hydrogen-bond acceptors (Lipinski definition) is 2. The zero-order valence-electron chi connectivity index (χ0n) is 15.0. The van der Waals surface area contributed by atoms with E-state index in [1.807, 2.05) is 20.8 Å². The Morgan fingerprint density at radius 2 is 1.24 bits per heavy atom. The highest BCUT2D eigenvalue weighted by atomic mass is 16.2. The van der Waals surface area contributed by atoms with Gasteiger partial charge in [-0.25, -0.2) is 0 Å². The molecule has 3 heteroatoms. The van der Waals surface area contributed by atoms with Crippen LogP contribution in [0.15, 0.2) is 0 Å². The fourth-order valence-corrected chi connectivity index (χ4v) is 3.81. The lowest BCUT2D eigenvalue weighted by Gasteiger charge is -2.50. The molecule has 0 radical (unpaired) electrons. The highest BCUT2D eigenvalue weighted by molar-refractivity contribution is 5.81. The van der Waals surface area contributed by atoms with E-state index in [-0.39, 0.29) is 5.41 Å². The summed E-state index contributed by atoms with van der Waals surface area (Å²) in [6.45, 7) is 17.4. The molecular formula is C18H34N2O. The van der Waals surface area contributed by atoms with Gasteiger partial charge in [0, 0.05) is 24.0 Å². The molecule has 0 aromatic rings. The summed E-state index contributed by atoms with van der Waals surface area (Å²) in [7, 11) is 0.